The number of nitrogens with zero attached hydrogens (tertiary/aromatic N) is 1. The summed E-state index contributed by atoms with van der Waals surface area (Å²) in [5.41, 5.74) is 0. The molecule has 1 heterocycles. The molecule has 4 heteroatoms. The lowest BCUT2D eigenvalue weighted by molar-refractivity contribution is -0.136. The number of amides is 2. The Kier molecular flexibility index (Phi) is 3.42. The first-order valence-corrected chi connectivity index (χ1v) is 4.63. The Morgan fingerprint density at radius 1 is 1.31 bits per heavy atom. The van der Waals surface area contributed by atoms with Gasteiger partial charge in [0.05, 0.1) is 13.1 Å². The van der Waals surface area contributed by atoms with Gasteiger partial charge in [0.1, 0.15) is 0 Å². The predicted molar refractivity (Wildman–Crippen MR) is 49.0 cm³/mol. The van der Waals surface area contributed by atoms with E-state index in [-0.39, 0.29) is 11.8 Å². The topological polar surface area (TPSA) is 49.4 Å². The predicted octanol–water partition coefficient (Wildman–Crippen LogP) is -0.00910. The van der Waals surface area contributed by atoms with Gasteiger partial charge in [-0.3, -0.25) is 19.8 Å². The summed E-state index contributed by atoms with van der Waals surface area (Å²) in [5, 5.41) is 2.28. The molecule has 0 aromatic heterocycles. The number of carbonyl (C=O) groups excluding carboxylic acids is 2. The third-order valence-electron chi connectivity index (χ3n) is 2.04. The summed E-state index contributed by atoms with van der Waals surface area (Å²) >= 11 is 0. The van der Waals surface area contributed by atoms with Crippen molar-refractivity contribution in [3.05, 3.63) is 0 Å². The first kappa shape index (κ1) is 10.2. The van der Waals surface area contributed by atoms with Crippen molar-refractivity contribution in [1.82, 2.24) is 10.2 Å². The number of rotatable bonds is 3. The summed E-state index contributed by atoms with van der Waals surface area (Å²) < 4.78 is 0. The van der Waals surface area contributed by atoms with Gasteiger partial charge < -0.3 is 0 Å². The fourth-order valence-electron chi connectivity index (χ4n) is 1.30. The molecule has 1 saturated heterocycles. The van der Waals surface area contributed by atoms with E-state index in [9.17, 15) is 9.59 Å². The molecule has 13 heavy (non-hydrogen) atoms. The molecule has 0 saturated carbocycles. The van der Waals surface area contributed by atoms with E-state index in [1.807, 2.05) is 4.90 Å². The maximum atomic E-state index is 11.0. The van der Waals surface area contributed by atoms with Gasteiger partial charge >= 0.3 is 0 Å². The van der Waals surface area contributed by atoms with E-state index in [4.69, 9.17) is 0 Å². The maximum Gasteiger partial charge on any atom is 0.240 e. The average molecular weight is 184 g/mol. The van der Waals surface area contributed by atoms with Crippen LogP contribution in [0.15, 0.2) is 0 Å². The summed E-state index contributed by atoms with van der Waals surface area (Å²) in [6.07, 6.45) is 1.03. The van der Waals surface area contributed by atoms with Gasteiger partial charge in [-0.2, -0.15) is 0 Å². The van der Waals surface area contributed by atoms with Crippen LogP contribution in [0, 0.1) is 5.92 Å². The van der Waals surface area contributed by atoms with Crippen LogP contribution < -0.4 is 5.32 Å². The molecule has 0 unspecified atom stereocenters. The van der Waals surface area contributed by atoms with E-state index in [0.29, 0.717) is 19.0 Å². The van der Waals surface area contributed by atoms with Crippen molar-refractivity contribution in [2.75, 3.05) is 19.6 Å². The minimum Gasteiger partial charge on any atom is -0.294 e. The lowest BCUT2D eigenvalue weighted by Crippen LogP contribution is -2.51. The molecule has 0 radical (unpaired) electrons. The Balaban J connectivity index is 2.33. The summed E-state index contributed by atoms with van der Waals surface area (Å²) in [5.74, 6) is 0.250. The van der Waals surface area contributed by atoms with E-state index in [1.54, 1.807) is 0 Å². The molecule has 2 amide bonds. The Bertz CT molecular complexity index is 198. The van der Waals surface area contributed by atoms with Crippen LogP contribution in [0.2, 0.25) is 0 Å². The first-order chi connectivity index (χ1) is 6.08. The largest absolute Gasteiger partial charge is 0.294 e. The molecule has 1 rings (SSSR count). The molecule has 0 bridgehead atoms. The smallest absolute Gasteiger partial charge is 0.240 e. The standard InChI is InChI=1S/C9H16N2O2/c1-7(2)3-4-11-5-8(12)10-9(13)6-11/h7H,3-6H2,1-2H3,(H,10,12,13). The normalized spacial score (nSPS) is 19.3. The second-order valence-corrected chi connectivity index (χ2v) is 3.86. The molecule has 0 atom stereocenters. The number of imide groups is 1. The van der Waals surface area contributed by atoms with Crippen molar-refractivity contribution in [2.24, 2.45) is 5.92 Å². The van der Waals surface area contributed by atoms with E-state index in [0.717, 1.165) is 13.0 Å². The summed E-state index contributed by atoms with van der Waals surface area (Å²) in [4.78, 5) is 23.8. The van der Waals surface area contributed by atoms with Gasteiger partial charge in [-0.05, 0) is 18.9 Å². The highest BCUT2D eigenvalue weighted by atomic mass is 16.2. The Labute approximate surface area is 78.3 Å². The van der Waals surface area contributed by atoms with Crippen LogP contribution in [0.3, 0.4) is 0 Å². The van der Waals surface area contributed by atoms with Crippen LogP contribution in [0.4, 0.5) is 0 Å². The van der Waals surface area contributed by atoms with Gasteiger partial charge in [0.15, 0.2) is 0 Å². The monoisotopic (exact) mass is 184 g/mol. The molecule has 1 aliphatic heterocycles. The first-order valence-electron chi connectivity index (χ1n) is 4.63. The molecule has 0 aromatic rings. The van der Waals surface area contributed by atoms with Crippen LogP contribution in [-0.4, -0.2) is 36.3 Å². The SMILES string of the molecule is CC(C)CCN1CC(=O)NC(=O)C1. The van der Waals surface area contributed by atoms with E-state index >= 15 is 0 Å². The Morgan fingerprint density at radius 3 is 2.31 bits per heavy atom. The lowest BCUT2D eigenvalue weighted by Gasteiger charge is -2.25. The zero-order valence-electron chi connectivity index (χ0n) is 8.17. The molecular weight excluding hydrogens is 168 g/mol. The molecule has 74 valence electrons. The highest BCUT2D eigenvalue weighted by Crippen LogP contribution is 2.03. The number of piperazine rings is 1. The van der Waals surface area contributed by atoms with Crippen LogP contribution >= 0.6 is 0 Å². The fourth-order valence-corrected chi connectivity index (χ4v) is 1.30. The molecule has 4 nitrogen and oxygen atoms in total. The molecule has 1 fully saturated rings. The second kappa shape index (κ2) is 4.37. The molecule has 0 aromatic carbocycles. The van der Waals surface area contributed by atoms with Crippen LogP contribution in [-0.2, 0) is 9.59 Å². The molecule has 1 aliphatic rings. The summed E-state index contributed by atoms with van der Waals surface area (Å²) in [7, 11) is 0. The van der Waals surface area contributed by atoms with Crippen LogP contribution in [0.25, 0.3) is 0 Å². The van der Waals surface area contributed by atoms with Gasteiger partial charge in [-0.15, -0.1) is 0 Å². The lowest BCUT2D eigenvalue weighted by atomic mass is 10.1. The van der Waals surface area contributed by atoms with Crippen molar-refractivity contribution >= 4 is 11.8 Å². The molecular formula is C9H16N2O2. The van der Waals surface area contributed by atoms with Gasteiger partial charge in [-0.25, -0.2) is 0 Å². The van der Waals surface area contributed by atoms with Crippen molar-refractivity contribution in [2.45, 2.75) is 20.3 Å². The number of carbonyl (C=O) groups is 2. The Hall–Kier alpha value is -0.900. The van der Waals surface area contributed by atoms with Gasteiger partial charge in [0, 0.05) is 0 Å². The summed E-state index contributed by atoms with van der Waals surface area (Å²) in [6, 6.07) is 0. The van der Waals surface area contributed by atoms with Gasteiger partial charge in [0.25, 0.3) is 0 Å². The van der Waals surface area contributed by atoms with Gasteiger partial charge in [0.2, 0.25) is 11.8 Å². The van der Waals surface area contributed by atoms with Crippen LogP contribution in [0.1, 0.15) is 20.3 Å². The van der Waals surface area contributed by atoms with E-state index < -0.39 is 0 Å². The van der Waals surface area contributed by atoms with Crippen molar-refractivity contribution < 1.29 is 9.59 Å². The van der Waals surface area contributed by atoms with Crippen LogP contribution in [0.5, 0.6) is 0 Å². The van der Waals surface area contributed by atoms with Crippen molar-refractivity contribution in [3.8, 4) is 0 Å². The second-order valence-electron chi connectivity index (χ2n) is 3.86. The average Bonchev–Trinajstić information content (AvgIpc) is 1.99. The zero-order chi connectivity index (χ0) is 9.84. The third-order valence-corrected chi connectivity index (χ3v) is 2.04. The van der Waals surface area contributed by atoms with E-state index in [1.165, 1.54) is 0 Å². The molecule has 1 N–H and O–H groups in total. The third kappa shape index (κ3) is 3.55. The molecule has 0 spiro atoms. The minimum absolute atomic E-state index is 0.181. The highest BCUT2D eigenvalue weighted by Gasteiger charge is 2.21. The number of nitrogens with one attached hydrogen (secondary N) is 1. The zero-order valence-corrected chi connectivity index (χ0v) is 8.17. The Morgan fingerprint density at radius 2 is 1.85 bits per heavy atom. The van der Waals surface area contributed by atoms with Crippen molar-refractivity contribution in [1.29, 1.82) is 0 Å². The maximum absolute atomic E-state index is 11.0. The van der Waals surface area contributed by atoms with Crippen molar-refractivity contribution in [3.63, 3.8) is 0 Å². The fraction of sp³-hybridized carbons (Fsp3) is 0.778. The number of hydrogen-bond acceptors (Lipinski definition) is 3. The number of hydrogen-bond donors (Lipinski definition) is 1. The quantitative estimate of drug-likeness (QED) is 0.628. The summed E-state index contributed by atoms with van der Waals surface area (Å²) in [6.45, 7) is 5.81. The van der Waals surface area contributed by atoms with E-state index in [2.05, 4.69) is 19.2 Å². The highest BCUT2D eigenvalue weighted by molar-refractivity contribution is 5.99. The van der Waals surface area contributed by atoms with Gasteiger partial charge in [-0.1, -0.05) is 13.8 Å². The minimum atomic E-state index is -0.181. The molecule has 0 aliphatic carbocycles.